The van der Waals surface area contributed by atoms with Crippen LogP contribution in [0.5, 0.6) is 0 Å². The molecule has 2 aliphatic heterocycles. The highest BCUT2D eigenvalue weighted by atomic mass is 16.5. The summed E-state index contributed by atoms with van der Waals surface area (Å²) in [5, 5.41) is 3.61. The minimum Gasteiger partial charge on any atom is -0.381 e. The molecule has 0 aromatic carbocycles. The maximum Gasteiger partial charge on any atom is 0.0595 e. The Morgan fingerprint density at radius 2 is 2.11 bits per heavy atom. The van der Waals surface area contributed by atoms with Crippen LogP contribution in [0.3, 0.4) is 0 Å². The first-order chi connectivity index (χ1) is 9.13. The molecule has 4 nitrogen and oxygen atoms in total. The highest BCUT2D eigenvalue weighted by Crippen LogP contribution is 2.30. The number of piperidine rings is 1. The van der Waals surface area contributed by atoms with Crippen molar-refractivity contribution in [1.29, 1.82) is 0 Å². The molecule has 0 aliphatic carbocycles. The highest BCUT2D eigenvalue weighted by Gasteiger charge is 2.37. The molecule has 2 rings (SSSR count). The van der Waals surface area contributed by atoms with Gasteiger partial charge in [-0.15, -0.1) is 0 Å². The van der Waals surface area contributed by atoms with Crippen molar-refractivity contribution in [3.63, 3.8) is 0 Å². The second-order valence-electron chi connectivity index (χ2n) is 6.55. The van der Waals surface area contributed by atoms with Gasteiger partial charge in [0.15, 0.2) is 0 Å². The maximum atomic E-state index is 5.69. The lowest BCUT2D eigenvalue weighted by molar-refractivity contribution is 0.0231. The van der Waals surface area contributed by atoms with Crippen LogP contribution in [0, 0.1) is 5.41 Å². The van der Waals surface area contributed by atoms with E-state index < -0.39 is 0 Å². The Balaban J connectivity index is 1.83. The summed E-state index contributed by atoms with van der Waals surface area (Å²) >= 11 is 0. The number of nitrogens with one attached hydrogen (secondary N) is 1. The quantitative estimate of drug-likeness (QED) is 0.793. The van der Waals surface area contributed by atoms with Gasteiger partial charge in [0.1, 0.15) is 0 Å². The lowest BCUT2D eigenvalue weighted by Crippen LogP contribution is -2.48. The molecule has 0 aromatic heterocycles. The minimum atomic E-state index is 0.324. The van der Waals surface area contributed by atoms with Crippen LogP contribution in [-0.4, -0.2) is 63.5 Å². The summed E-state index contributed by atoms with van der Waals surface area (Å²) in [4.78, 5) is 2.60. The van der Waals surface area contributed by atoms with Crippen molar-refractivity contribution in [2.75, 3.05) is 46.5 Å². The van der Waals surface area contributed by atoms with Crippen LogP contribution in [0.4, 0.5) is 0 Å². The lowest BCUT2D eigenvalue weighted by Gasteiger charge is -2.38. The molecule has 2 fully saturated rings. The maximum absolute atomic E-state index is 5.69. The van der Waals surface area contributed by atoms with Crippen molar-refractivity contribution < 1.29 is 9.47 Å². The third-order valence-corrected chi connectivity index (χ3v) is 4.50. The SMILES string of the molecule is COC1CCN(CC2(CNC(C)C)CCOC2)CC1. The van der Waals surface area contributed by atoms with Gasteiger partial charge in [-0.05, 0) is 19.3 Å². The Bertz CT molecular complexity index is 257. The minimum absolute atomic E-state index is 0.324. The fourth-order valence-corrected chi connectivity index (χ4v) is 3.17. The molecule has 0 spiro atoms. The lowest BCUT2D eigenvalue weighted by atomic mass is 9.85. The van der Waals surface area contributed by atoms with Crippen molar-refractivity contribution in [2.24, 2.45) is 5.41 Å². The Morgan fingerprint density at radius 1 is 1.37 bits per heavy atom. The number of hydrogen-bond donors (Lipinski definition) is 1. The molecule has 1 unspecified atom stereocenters. The Morgan fingerprint density at radius 3 is 2.63 bits per heavy atom. The molecular weight excluding hydrogens is 240 g/mol. The number of methoxy groups -OCH3 is 1. The van der Waals surface area contributed by atoms with Crippen LogP contribution in [0.25, 0.3) is 0 Å². The topological polar surface area (TPSA) is 33.7 Å². The van der Waals surface area contributed by atoms with E-state index >= 15 is 0 Å². The summed E-state index contributed by atoms with van der Waals surface area (Å²) in [5.41, 5.74) is 0.324. The summed E-state index contributed by atoms with van der Waals surface area (Å²) < 4.78 is 11.1. The van der Waals surface area contributed by atoms with E-state index in [2.05, 4.69) is 24.1 Å². The number of nitrogens with zero attached hydrogens (tertiary/aromatic N) is 1. The molecule has 2 aliphatic rings. The van der Waals surface area contributed by atoms with Gasteiger partial charge in [0.25, 0.3) is 0 Å². The summed E-state index contributed by atoms with van der Waals surface area (Å²) in [6.07, 6.45) is 4.01. The van der Waals surface area contributed by atoms with Gasteiger partial charge in [0, 0.05) is 51.4 Å². The van der Waals surface area contributed by atoms with Crippen LogP contribution in [0.2, 0.25) is 0 Å². The van der Waals surface area contributed by atoms with Crippen LogP contribution < -0.4 is 5.32 Å². The van der Waals surface area contributed by atoms with Crippen molar-refractivity contribution in [2.45, 2.75) is 45.3 Å². The zero-order chi connectivity index (χ0) is 13.7. The van der Waals surface area contributed by atoms with E-state index in [4.69, 9.17) is 9.47 Å². The zero-order valence-electron chi connectivity index (χ0n) is 12.8. The van der Waals surface area contributed by atoms with E-state index in [9.17, 15) is 0 Å². The van der Waals surface area contributed by atoms with Crippen molar-refractivity contribution in [1.82, 2.24) is 10.2 Å². The van der Waals surface area contributed by atoms with Crippen molar-refractivity contribution in [3.8, 4) is 0 Å². The monoisotopic (exact) mass is 270 g/mol. The molecule has 0 amide bonds. The fraction of sp³-hybridized carbons (Fsp3) is 1.00. The summed E-state index contributed by atoms with van der Waals surface area (Å²) in [7, 11) is 1.83. The van der Waals surface area contributed by atoms with E-state index in [0.29, 0.717) is 17.6 Å². The Hall–Kier alpha value is -0.160. The van der Waals surface area contributed by atoms with Crippen LogP contribution in [0.1, 0.15) is 33.1 Å². The summed E-state index contributed by atoms with van der Waals surface area (Å²) in [6.45, 7) is 10.9. The predicted molar refractivity (Wildman–Crippen MR) is 77.5 cm³/mol. The van der Waals surface area contributed by atoms with E-state index in [1.54, 1.807) is 0 Å². The average molecular weight is 270 g/mol. The molecule has 0 saturated carbocycles. The molecular formula is C15H30N2O2. The molecule has 19 heavy (non-hydrogen) atoms. The third-order valence-electron chi connectivity index (χ3n) is 4.50. The fourth-order valence-electron chi connectivity index (χ4n) is 3.17. The largest absolute Gasteiger partial charge is 0.381 e. The molecule has 0 radical (unpaired) electrons. The molecule has 4 heteroatoms. The van der Waals surface area contributed by atoms with E-state index in [1.165, 1.54) is 38.9 Å². The first-order valence-electron chi connectivity index (χ1n) is 7.70. The summed E-state index contributed by atoms with van der Waals surface area (Å²) in [5.74, 6) is 0. The standard InChI is InChI=1S/C15H30N2O2/c1-13(2)16-10-15(6-9-19-12-15)11-17-7-4-14(18-3)5-8-17/h13-14,16H,4-12H2,1-3H3. The highest BCUT2D eigenvalue weighted by molar-refractivity contribution is 4.90. The second-order valence-corrected chi connectivity index (χ2v) is 6.55. The number of rotatable bonds is 6. The van der Waals surface area contributed by atoms with E-state index in [1.807, 2.05) is 7.11 Å². The molecule has 0 bridgehead atoms. The molecule has 1 atom stereocenters. The smallest absolute Gasteiger partial charge is 0.0595 e. The summed E-state index contributed by atoms with van der Waals surface area (Å²) in [6, 6.07) is 0.553. The number of likely N-dealkylation sites (tertiary alicyclic amines) is 1. The second kappa shape index (κ2) is 7.02. The van der Waals surface area contributed by atoms with Gasteiger partial charge in [-0.1, -0.05) is 13.8 Å². The number of ether oxygens (including phenoxy) is 2. The van der Waals surface area contributed by atoms with Gasteiger partial charge in [-0.3, -0.25) is 0 Å². The first kappa shape index (κ1) is 15.2. The molecule has 1 N–H and O–H groups in total. The van der Waals surface area contributed by atoms with Gasteiger partial charge in [0.05, 0.1) is 12.7 Å². The predicted octanol–water partition coefficient (Wildman–Crippen LogP) is 1.50. The Labute approximate surface area is 117 Å². The molecule has 2 heterocycles. The van der Waals surface area contributed by atoms with Crippen LogP contribution in [0.15, 0.2) is 0 Å². The van der Waals surface area contributed by atoms with E-state index in [-0.39, 0.29) is 0 Å². The molecule has 0 aromatic rings. The third kappa shape index (κ3) is 4.42. The van der Waals surface area contributed by atoms with Gasteiger partial charge in [-0.25, -0.2) is 0 Å². The zero-order valence-corrected chi connectivity index (χ0v) is 12.8. The van der Waals surface area contributed by atoms with Gasteiger partial charge in [0.2, 0.25) is 0 Å². The van der Waals surface area contributed by atoms with Crippen LogP contribution in [-0.2, 0) is 9.47 Å². The van der Waals surface area contributed by atoms with Gasteiger partial charge in [-0.2, -0.15) is 0 Å². The van der Waals surface area contributed by atoms with Crippen molar-refractivity contribution in [3.05, 3.63) is 0 Å². The van der Waals surface area contributed by atoms with Gasteiger partial charge < -0.3 is 19.7 Å². The average Bonchev–Trinajstić information content (AvgIpc) is 2.86. The normalized spacial score (nSPS) is 30.3. The van der Waals surface area contributed by atoms with Crippen molar-refractivity contribution >= 4 is 0 Å². The van der Waals surface area contributed by atoms with E-state index in [0.717, 1.165) is 19.8 Å². The van der Waals surface area contributed by atoms with Gasteiger partial charge >= 0.3 is 0 Å². The van der Waals surface area contributed by atoms with Crippen LogP contribution >= 0.6 is 0 Å². The number of hydrogen-bond acceptors (Lipinski definition) is 4. The Kier molecular flexibility index (Phi) is 5.63. The first-order valence-corrected chi connectivity index (χ1v) is 7.70. The molecule has 2 saturated heterocycles. The molecule has 112 valence electrons.